The fraction of sp³-hybridized carbons (Fsp3) is 1.00. The number of hydrogen-bond acceptors (Lipinski definition) is 2. The predicted molar refractivity (Wildman–Crippen MR) is 67.2 cm³/mol. The van der Waals surface area contributed by atoms with Crippen molar-refractivity contribution in [3.8, 4) is 0 Å². The number of hydrogen-bond donors (Lipinski definition) is 1. The van der Waals surface area contributed by atoms with E-state index in [1.165, 1.54) is 45.3 Å². The molecule has 0 unspecified atom stereocenters. The Kier molecular flexibility index (Phi) is 5.07. The van der Waals surface area contributed by atoms with Crippen LogP contribution in [0.2, 0.25) is 0 Å². The summed E-state index contributed by atoms with van der Waals surface area (Å²) in [4.78, 5) is 2.58. The van der Waals surface area contributed by atoms with Crippen LogP contribution in [0.5, 0.6) is 0 Å². The average Bonchev–Trinajstić information content (AvgIpc) is 2.28. The molecular weight excluding hydrogens is 184 g/mol. The molecule has 1 aliphatic heterocycles. The minimum atomic E-state index is 0.749. The van der Waals surface area contributed by atoms with Gasteiger partial charge in [0, 0.05) is 6.04 Å². The number of nitrogens with zero attached hydrogens (tertiary/aromatic N) is 1. The van der Waals surface area contributed by atoms with Gasteiger partial charge >= 0.3 is 0 Å². The molecule has 0 bridgehead atoms. The second kappa shape index (κ2) is 5.86. The van der Waals surface area contributed by atoms with Crippen LogP contribution in [-0.4, -0.2) is 37.6 Å². The van der Waals surface area contributed by atoms with E-state index in [4.69, 9.17) is 0 Å². The van der Waals surface area contributed by atoms with Crippen molar-refractivity contribution in [2.75, 3.05) is 26.7 Å². The van der Waals surface area contributed by atoms with Crippen LogP contribution in [-0.2, 0) is 0 Å². The Bertz CT molecular complexity index is 163. The van der Waals surface area contributed by atoms with Gasteiger partial charge in [-0.3, -0.25) is 0 Å². The average molecular weight is 212 g/mol. The maximum Gasteiger partial charge on any atom is 0.00746 e. The van der Waals surface area contributed by atoms with E-state index in [1.807, 2.05) is 13.8 Å². The fourth-order valence-electron chi connectivity index (χ4n) is 2.94. The molecule has 0 radical (unpaired) electrons. The molecule has 15 heavy (non-hydrogen) atoms. The molecule has 90 valence electrons. The first-order valence-corrected chi connectivity index (χ1v) is 6.68. The molecule has 2 fully saturated rings. The van der Waals surface area contributed by atoms with Crippen LogP contribution in [0.25, 0.3) is 0 Å². The molecule has 0 aromatic carbocycles. The third-order valence-corrected chi connectivity index (χ3v) is 4.13. The van der Waals surface area contributed by atoms with Crippen LogP contribution in [0, 0.1) is 5.41 Å². The van der Waals surface area contributed by atoms with Crippen molar-refractivity contribution in [3.05, 3.63) is 0 Å². The fourth-order valence-corrected chi connectivity index (χ4v) is 2.94. The topological polar surface area (TPSA) is 15.3 Å². The van der Waals surface area contributed by atoms with E-state index in [0.29, 0.717) is 0 Å². The molecule has 2 nitrogen and oxygen atoms in total. The van der Waals surface area contributed by atoms with Crippen molar-refractivity contribution in [1.29, 1.82) is 0 Å². The van der Waals surface area contributed by atoms with Gasteiger partial charge in [-0.1, -0.05) is 20.8 Å². The van der Waals surface area contributed by atoms with Crippen molar-refractivity contribution in [2.45, 2.75) is 52.5 Å². The lowest BCUT2D eigenvalue weighted by atomic mass is 9.60. The molecule has 0 aromatic heterocycles. The second-order valence-electron chi connectivity index (χ2n) is 4.83. The number of likely N-dealkylation sites (tertiary alicyclic amines) is 1. The minimum Gasteiger partial charge on any atom is -0.317 e. The van der Waals surface area contributed by atoms with Crippen LogP contribution in [0.3, 0.4) is 0 Å². The van der Waals surface area contributed by atoms with Crippen LogP contribution >= 0.6 is 0 Å². The zero-order valence-electron chi connectivity index (χ0n) is 11.0. The summed E-state index contributed by atoms with van der Waals surface area (Å²) in [6.07, 6.45) is 5.75. The highest BCUT2D eigenvalue weighted by molar-refractivity contribution is 4.99. The van der Waals surface area contributed by atoms with Gasteiger partial charge in [0.05, 0.1) is 0 Å². The standard InChI is InChI=1S/C11H22N2.C2H6/c1-3-13-6-4-11(5-7-13)8-10(9-11)12-2;1-2/h10,12H,3-9H2,1-2H3;1-2H3. The van der Waals surface area contributed by atoms with Crippen LogP contribution in [0.15, 0.2) is 0 Å². The zero-order valence-corrected chi connectivity index (χ0v) is 11.0. The lowest BCUT2D eigenvalue weighted by Gasteiger charge is -2.52. The van der Waals surface area contributed by atoms with Gasteiger partial charge in [0.2, 0.25) is 0 Å². The van der Waals surface area contributed by atoms with Gasteiger partial charge in [0.25, 0.3) is 0 Å². The first kappa shape index (κ1) is 13.0. The van der Waals surface area contributed by atoms with Crippen LogP contribution in [0.1, 0.15) is 46.5 Å². The molecule has 1 saturated heterocycles. The Morgan fingerprint density at radius 1 is 1.20 bits per heavy atom. The summed E-state index contributed by atoms with van der Waals surface area (Å²) in [5.74, 6) is 0. The molecule has 0 aromatic rings. The molecule has 1 aliphatic carbocycles. The van der Waals surface area contributed by atoms with Gasteiger partial charge in [-0.25, -0.2) is 0 Å². The Balaban J connectivity index is 0.000000531. The van der Waals surface area contributed by atoms with E-state index in [-0.39, 0.29) is 0 Å². The van der Waals surface area contributed by atoms with Gasteiger partial charge < -0.3 is 10.2 Å². The van der Waals surface area contributed by atoms with Crippen LogP contribution < -0.4 is 5.32 Å². The zero-order chi connectivity index (χ0) is 11.3. The largest absolute Gasteiger partial charge is 0.317 e. The molecule has 2 aliphatic rings. The van der Waals surface area contributed by atoms with Crippen molar-refractivity contribution in [3.63, 3.8) is 0 Å². The van der Waals surface area contributed by atoms with E-state index in [9.17, 15) is 0 Å². The van der Waals surface area contributed by atoms with Gasteiger partial charge in [-0.2, -0.15) is 0 Å². The smallest absolute Gasteiger partial charge is 0.00746 e. The van der Waals surface area contributed by atoms with E-state index >= 15 is 0 Å². The summed E-state index contributed by atoms with van der Waals surface area (Å²) < 4.78 is 0. The number of rotatable bonds is 2. The first-order chi connectivity index (χ1) is 7.28. The maximum atomic E-state index is 3.38. The molecule has 2 rings (SSSR count). The van der Waals surface area contributed by atoms with E-state index in [0.717, 1.165) is 11.5 Å². The highest BCUT2D eigenvalue weighted by atomic mass is 15.1. The number of piperidine rings is 1. The van der Waals surface area contributed by atoms with E-state index < -0.39 is 0 Å². The molecule has 0 atom stereocenters. The van der Waals surface area contributed by atoms with Crippen molar-refractivity contribution in [1.82, 2.24) is 10.2 Å². The molecule has 1 N–H and O–H groups in total. The Morgan fingerprint density at radius 3 is 2.13 bits per heavy atom. The molecule has 2 heteroatoms. The monoisotopic (exact) mass is 212 g/mol. The summed E-state index contributed by atoms with van der Waals surface area (Å²) >= 11 is 0. The molecule has 0 amide bonds. The normalized spacial score (nSPS) is 25.6. The second-order valence-corrected chi connectivity index (χ2v) is 4.83. The maximum absolute atomic E-state index is 3.38. The molecule has 1 heterocycles. The number of nitrogens with one attached hydrogen (secondary N) is 1. The van der Waals surface area contributed by atoms with Crippen LogP contribution in [0.4, 0.5) is 0 Å². The van der Waals surface area contributed by atoms with Gasteiger partial charge in [-0.15, -0.1) is 0 Å². The Labute approximate surface area is 95.4 Å². The highest BCUT2D eigenvalue weighted by Crippen LogP contribution is 2.48. The van der Waals surface area contributed by atoms with Gasteiger partial charge in [0.1, 0.15) is 0 Å². The van der Waals surface area contributed by atoms with Gasteiger partial charge in [0.15, 0.2) is 0 Å². The third-order valence-electron chi connectivity index (χ3n) is 4.13. The summed E-state index contributed by atoms with van der Waals surface area (Å²) in [5.41, 5.74) is 0.749. The van der Waals surface area contributed by atoms with Crippen molar-refractivity contribution < 1.29 is 0 Å². The third kappa shape index (κ3) is 2.94. The lowest BCUT2D eigenvalue weighted by Crippen LogP contribution is -2.52. The van der Waals surface area contributed by atoms with E-state index in [1.54, 1.807) is 0 Å². The van der Waals surface area contributed by atoms with E-state index in [2.05, 4.69) is 24.2 Å². The SMILES string of the molecule is CC.CCN1CCC2(CC1)CC(NC)C2. The summed E-state index contributed by atoms with van der Waals surface area (Å²) in [6, 6.07) is 0.827. The minimum absolute atomic E-state index is 0.749. The predicted octanol–water partition coefficient (Wildman–Crippen LogP) is 2.50. The van der Waals surface area contributed by atoms with Crippen molar-refractivity contribution >= 4 is 0 Å². The first-order valence-electron chi connectivity index (χ1n) is 6.68. The highest BCUT2D eigenvalue weighted by Gasteiger charge is 2.44. The lowest BCUT2D eigenvalue weighted by molar-refractivity contribution is 0.0101. The molecule has 1 saturated carbocycles. The quantitative estimate of drug-likeness (QED) is 0.756. The Hall–Kier alpha value is -0.0800. The summed E-state index contributed by atoms with van der Waals surface area (Å²) in [6.45, 7) is 10.2. The molecule has 1 spiro atoms. The Morgan fingerprint density at radius 2 is 1.73 bits per heavy atom. The van der Waals surface area contributed by atoms with Gasteiger partial charge in [-0.05, 0) is 57.8 Å². The molecular formula is C13H28N2. The van der Waals surface area contributed by atoms with Crippen molar-refractivity contribution in [2.24, 2.45) is 5.41 Å². The summed E-state index contributed by atoms with van der Waals surface area (Å²) in [7, 11) is 2.10. The summed E-state index contributed by atoms with van der Waals surface area (Å²) in [5, 5.41) is 3.38.